The predicted molar refractivity (Wildman–Crippen MR) is 46.0 cm³/mol. The van der Waals surface area contributed by atoms with Gasteiger partial charge in [-0.15, -0.1) is 0 Å². The molecule has 0 amide bonds. The Morgan fingerprint density at radius 1 is 1.36 bits per heavy atom. The molecular weight excluding hydrogens is 219 g/mol. The molecule has 1 aromatic carbocycles. The molecule has 1 aromatic rings. The monoisotopic (exact) mass is 223 g/mol. The first-order valence-corrected chi connectivity index (χ1v) is 3.97. The Labute approximate surface area is 82.7 Å². The van der Waals surface area contributed by atoms with Crippen molar-refractivity contribution >= 4 is 11.6 Å². The number of halogens is 4. The summed E-state index contributed by atoms with van der Waals surface area (Å²) in [7, 11) is 0. The Balaban J connectivity index is 3.06. The van der Waals surface area contributed by atoms with Crippen molar-refractivity contribution < 1.29 is 13.2 Å². The van der Waals surface area contributed by atoms with E-state index in [1.54, 1.807) is 0 Å². The van der Waals surface area contributed by atoms with Crippen LogP contribution >= 0.6 is 11.6 Å². The van der Waals surface area contributed by atoms with E-state index in [2.05, 4.69) is 5.18 Å². The van der Waals surface area contributed by atoms with Gasteiger partial charge in [-0.05, 0) is 17.7 Å². The summed E-state index contributed by atoms with van der Waals surface area (Å²) in [5, 5.41) is 2.45. The normalized spacial score (nSPS) is 11.4. The fourth-order valence-electron chi connectivity index (χ4n) is 0.921. The van der Waals surface area contributed by atoms with Crippen LogP contribution in [-0.4, -0.2) is 0 Å². The molecule has 1 rings (SSSR count). The molecule has 0 N–H and O–H groups in total. The fraction of sp³-hybridized carbons (Fsp3) is 0.250. The molecule has 0 fully saturated rings. The summed E-state index contributed by atoms with van der Waals surface area (Å²) in [6, 6.07) is 2.79. The topological polar surface area (TPSA) is 29.4 Å². The highest BCUT2D eigenvalue weighted by atomic mass is 35.5. The number of benzene rings is 1. The first-order chi connectivity index (χ1) is 6.45. The van der Waals surface area contributed by atoms with Gasteiger partial charge in [0.2, 0.25) is 0 Å². The van der Waals surface area contributed by atoms with Gasteiger partial charge in [0.05, 0.1) is 5.56 Å². The number of hydrogen-bond acceptors (Lipinski definition) is 2. The van der Waals surface area contributed by atoms with E-state index in [1.165, 1.54) is 0 Å². The van der Waals surface area contributed by atoms with Crippen molar-refractivity contribution in [1.82, 2.24) is 0 Å². The molecule has 2 nitrogen and oxygen atoms in total. The van der Waals surface area contributed by atoms with Crippen LogP contribution in [0, 0.1) is 4.91 Å². The van der Waals surface area contributed by atoms with Gasteiger partial charge in [-0.25, -0.2) is 0 Å². The maximum absolute atomic E-state index is 12.1. The van der Waals surface area contributed by atoms with Crippen molar-refractivity contribution in [3.8, 4) is 0 Å². The van der Waals surface area contributed by atoms with E-state index in [4.69, 9.17) is 11.6 Å². The van der Waals surface area contributed by atoms with Gasteiger partial charge < -0.3 is 0 Å². The van der Waals surface area contributed by atoms with Gasteiger partial charge in [-0.1, -0.05) is 22.8 Å². The second-order valence-electron chi connectivity index (χ2n) is 2.59. The summed E-state index contributed by atoms with van der Waals surface area (Å²) >= 11 is 5.52. The van der Waals surface area contributed by atoms with Crippen molar-refractivity contribution in [3.63, 3.8) is 0 Å². The van der Waals surface area contributed by atoms with Gasteiger partial charge in [-0.3, -0.25) is 0 Å². The first-order valence-electron chi connectivity index (χ1n) is 3.60. The third-order valence-electron chi connectivity index (χ3n) is 1.62. The molecule has 0 aromatic heterocycles. The largest absolute Gasteiger partial charge is 0.416 e. The second-order valence-corrected chi connectivity index (χ2v) is 3.00. The highest BCUT2D eigenvalue weighted by Gasteiger charge is 2.30. The Kier molecular flexibility index (Phi) is 3.10. The molecule has 0 aliphatic carbocycles. The summed E-state index contributed by atoms with van der Waals surface area (Å²) in [4.78, 5) is 9.88. The van der Waals surface area contributed by atoms with Crippen molar-refractivity contribution in [3.05, 3.63) is 39.3 Å². The smallest absolute Gasteiger partial charge is 0.166 e. The van der Waals surface area contributed by atoms with Crippen LogP contribution in [0.2, 0.25) is 5.02 Å². The molecule has 0 bridgehead atoms. The van der Waals surface area contributed by atoms with E-state index in [0.717, 1.165) is 18.2 Å². The summed E-state index contributed by atoms with van der Waals surface area (Å²) in [5.41, 5.74) is -0.549. The molecule has 0 aliphatic heterocycles. The minimum absolute atomic E-state index is 0.0978. The zero-order chi connectivity index (χ0) is 10.8. The van der Waals surface area contributed by atoms with Crippen LogP contribution in [0.5, 0.6) is 0 Å². The van der Waals surface area contributed by atoms with Crippen LogP contribution in [0.25, 0.3) is 0 Å². The van der Waals surface area contributed by atoms with E-state index in [1.807, 2.05) is 0 Å². The lowest BCUT2D eigenvalue weighted by molar-refractivity contribution is -0.137. The number of nitroso groups, excluding NO2 is 1. The fourth-order valence-corrected chi connectivity index (χ4v) is 1.16. The summed E-state index contributed by atoms with van der Waals surface area (Å²) < 4.78 is 36.4. The lowest BCUT2D eigenvalue weighted by Crippen LogP contribution is -2.04. The Morgan fingerprint density at radius 2 is 2.00 bits per heavy atom. The minimum Gasteiger partial charge on any atom is -0.166 e. The molecule has 0 radical (unpaired) electrons. The van der Waals surface area contributed by atoms with Crippen molar-refractivity contribution in [2.45, 2.75) is 12.7 Å². The van der Waals surface area contributed by atoms with Crippen LogP contribution < -0.4 is 0 Å². The van der Waals surface area contributed by atoms with Crippen molar-refractivity contribution in [2.24, 2.45) is 5.18 Å². The van der Waals surface area contributed by atoms with Crippen LogP contribution in [0.15, 0.2) is 23.4 Å². The second kappa shape index (κ2) is 3.96. The maximum Gasteiger partial charge on any atom is 0.416 e. The standard InChI is InChI=1S/C8H5ClF3NO/c9-7-3-6(8(10,11)12)2-1-5(7)4-13-14/h1-3H,4H2. The van der Waals surface area contributed by atoms with Gasteiger partial charge in [0.1, 0.15) is 6.54 Å². The SMILES string of the molecule is O=NCc1ccc(C(F)(F)F)cc1Cl. The Bertz CT molecular complexity index is 351. The highest BCUT2D eigenvalue weighted by molar-refractivity contribution is 6.31. The molecule has 0 spiro atoms. The molecule has 0 atom stereocenters. The summed E-state index contributed by atoms with van der Waals surface area (Å²) in [5.74, 6) is 0. The van der Waals surface area contributed by atoms with Gasteiger partial charge in [0, 0.05) is 5.02 Å². The van der Waals surface area contributed by atoms with Crippen LogP contribution in [0.4, 0.5) is 13.2 Å². The van der Waals surface area contributed by atoms with Gasteiger partial charge in [0.15, 0.2) is 0 Å². The van der Waals surface area contributed by atoms with Crippen molar-refractivity contribution in [1.29, 1.82) is 0 Å². The number of nitrogens with zero attached hydrogens (tertiary/aromatic N) is 1. The van der Waals surface area contributed by atoms with Crippen LogP contribution in [-0.2, 0) is 12.7 Å². The predicted octanol–water partition coefficient (Wildman–Crippen LogP) is 3.63. The zero-order valence-corrected chi connectivity index (χ0v) is 7.56. The molecule has 0 aliphatic rings. The zero-order valence-electron chi connectivity index (χ0n) is 6.81. The summed E-state index contributed by atoms with van der Waals surface area (Å²) in [6.45, 7) is -0.225. The van der Waals surface area contributed by atoms with Crippen LogP contribution in [0.3, 0.4) is 0 Å². The molecule has 6 heteroatoms. The summed E-state index contributed by atoms with van der Waals surface area (Å²) in [6.07, 6.45) is -4.42. The van der Waals surface area contributed by atoms with Crippen LogP contribution in [0.1, 0.15) is 11.1 Å². The molecule has 0 saturated carbocycles. The highest BCUT2D eigenvalue weighted by Crippen LogP contribution is 2.32. The number of alkyl halides is 3. The average molecular weight is 224 g/mol. The molecular formula is C8H5ClF3NO. The maximum atomic E-state index is 12.1. The van der Waals surface area contributed by atoms with Gasteiger partial charge in [-0.2, -0.15) is 18.1 Å². The Hall–Kier alpha value is -1.10. The van der Waals surface area contributed by atoms with E-state index >= 15 is 0 Å². The van der Waals surface area contributed by atoms with E-state index < -0.39 is 11.7 Å². The molecule has 76 valence electrons. The van der Waals surface area contributed by atoms with Crippen molar-refractivity contribution in [2.75, 3.05) is 0 Å². The lowest BCUT2D eigenvalue weighted by Gasteiger charge is -2.07. The molecule has 0 unspecified atom stereocenters. The van der Waals surface area contributed by atoms with E-state index in [-0.39, 0.29) is 17.1 Å². The third-order valence-corrected chi connectivity index (χ3v) is 1.97. The first kappa shape index (κ1) is 11.0. The minimum atomic E-state index is -4.42. The Morgan fingerprint density at radius 3 is 2.43 bits per heavy atom. The third kappa shape index (κ3) is 2.45. The van der Waals surface area contributed by atoms with Gasteiger partial charge >= 0.3 is 6.18 Å². The number of rotatable bonds is 2. The van der Waals surface area contributed by atoms with Gasteiger partial charge in [0.25, 0.3) is 0 Å². The average Bonchev–Trinajstić information content (AvgIpc) is 2.07. The molecule has 0 saturated heterocycles. The van der Waals surface area contributed by atoms with E-state index in [9.17, 15) is 18.1 Å². The lowest BCUT2D eigenvalue weighted by atomic mass is 10.1. The number of hydrogen-bond donors (Lipinski definition) is 0. The quantitative estimate of drug-likeness (QED) is 0.704. The molecule has 14 heavy (non-hydrogen) atoms. The molecule has 0 heterocycles. The van der Waals surface area contributed by atoms with E-state index in [0.29, 0.717) is 0 Å².